The zero-order chi connectivity index (χ0) is 34.6. The number of aliphatic hydroxyl groups excluding tert-OH is 1. The molecular weight excluding hydrogens is 702 g/mol. The van der Waals surface area contributed by atoms with Gasteiger partial charge in [0.05, 0.1) is 47.8 Å². The second-order valence-corrected chi connectivity index (χ2v) is 13.9. The van der Waals surface area contributed by atoms with Crippen LogP contribution >= 0.6 is 27.5 Å². The minimum Gasteiger partial charge on any atom is -0.455 e. The molecule has 5 rings (SSSR count). The van der Waals surface area contributed by atoms with Gasteiger partial charge in [0.25, 0.3) is 5.91 Å². The van der Waals surface area contributed by atoms with Crippen LogP contribution in [-0.2, 0) is 28.7 Å². The molecule has 3 heterocycles. The number of benzene rings is 2. The lowest BCUT2D eigenvalue weighted by atomic mass is 9.70. The highest BCUT2D eigenvalue weighted by molar-refractivity contribution is 9.09. The van der Waals surface area contributed by atoms with Gasteiger partial charge in [0.2, 0.25) is 11.8 Å². The predicted molar refractivity (Wildman–Crippen MR) is 185 cm³/mol. The summed E-state index contributed by atoms with van der Waals surface area (Å²) in [4.78, 5) is 58.5. The van der Waals surface area contributed by atoms with Crippen molar-refractivity contribution < 1.29 is 33.8 Å². The zero-order valence-electron chi connectivity index (χ0n) is 26.8. The van der Waals surface area contributed by atoms with Crippen molar-refractivity contribution in [3.8, 4) is 0 Å². The third-order valence-electron chi connectivity index (χ3n) is 9.52. The van der Waals surface area contributed by atoms with Gasteiger partial charge in [0.1, 0.15) is 17.7 Å². The van der Waals surface area contributed by atoms with E-state index in [1.165, 1.54) is 9.80 Å². The maximum atomic E-state index is 14.8. The van der Waals surface area contributed by atoms with Gasteiger partial charge in [-0.25, -0.2) is 0 Å². The molecule has 2 aromatic rings. The van der Waals surface area contributed by atoms with Crippen LogP contribution in [0.2, 0.25) is 5.02 Å². The fraction of sp³-hybridized carbons (Fsp3) is 0.444. The number of allylic oxidation sites excluding steroid dienone is 1. The molecule has 2 N–H and O–H groups in total. The maximum Gasteiger partial charge on any atom is 0.313 e. The molecular formula is C36H41BrClN3O7. The number of amides is 3. The number of esters is 1. The number of likely N-dealkylation sites (tertiary alicyclic amines) is 1. The number of para-hydroxylation sites is 1. The van der Waals surface area contributed by atoms with Crippen molar-refractivity contribution in [2.24, 2.45) is 11.8 Å². The number of carbonyl (C=O) groups is 4. The van der Waals surface area contributed by atoms with Crippen LogP contribution in [0.4, 0.5) is 5.69 Å². The number of carbonyl (C=O) groups excluding carboxylic acids is 4. The zero-order valence-corrected chi connectivity index (χ0v) is 29.1. The number of aliphatic hydroxyl groups is 1. The largest absolute Gasteiger partial charge is 0.455 e. The molecule has 256 valence electrons. The minimum absolute atomic E-state index is 0.0233. The number of nitrogens with zero attached hydrogens (tertiary/aromatic N) is 2. The minimum atomic E-state index is -1.39. The van der Waals surface area contributed by atoms with Gasteiger partial charge in [0, 0.05) is 17.8 Å². The highest BCUT2D eigenvalue weighted by Gasteiger charge is 2.77. The Labute approximate surface area is 294 Å². The van der Waals surface area contributed by atoms with E-state index in [-0.39, 0.29) is 43.3 Å². The Morgan fingerprint density at radius 3 is 2.54 bits per heavy atom. The number of rotatable bonds is 15. The number of hydrogen-bond acceptors (Lipinski definition) is 7. The van der Waals surface area contributed by atoms with Gasteiger partial charge in [-0.05, 0) is 37.0 Å². The van der Waals surface area contributed by atoms with Gasteiger partial charge < -0.3 is 29.7 Å². The summed E-state index contributed by atoms with van der Waals surface area (Å²) in [5.74, 6) is -3.89. The summed E-state index contributed by atoms with van der Waals surface area (Å²) in [7, 11) is 0. The standard InChI is InChI=1S/C36H41BrClN3O7/c1-4-7-17-28(43)39-20-27(22-13-9-8-10-14-22)47-35(46)29-30-33(44)41(23(6-3)21-42)32(36(30)19-24(37)31(29)48-36)34(45)40(18-5-2)26-16-12-11-15-25(26)38/h4-5,8-16,23-24,27,29-32,42H,1-2,6-7,17-21H2,3H3,(H,39,43)/t23-,24?,27-,29+,30-,31+,32+,36-/m0/s1. The van der Waals surface area contributed by atoms with Crippen molar-refractivity contribution in [2.75, 3.05) is 24.6 Å². The van der Waals surface area contributed by atoms with E-state index in [1.54, 1.807) is 48.6 Å². The Morgan fingerprint density at radius 1 is 1.19 bits per heavy atom. The Morgan fingerprint density at radius 2 is 1.90 bits per heavy atom. The number of ether oxygens (including phenoxy) is 2. The molecule has 10 nitrogen and oxygen atoms in total. The first-order valence-electron chi connectivity index (χ1n) is 16.2. The van der Waals surface area contributed by atoms with E-state index in [9.17, 15) is 24.3 Å². The lowest BCUT2D eigenvalue weighted by molar-refractivity contribution is -0.160. The highest BCUT2D eigenvalue weighted by atomic mass is 79.9. The first-order chi connectivity index (χ1) is 23.1. The van der Waals surface area contributed by atoms with Crippen molar-refractivity contribution in [2.45, 2.75) is 67.3 Å². The molecule has 0 saturated carbocycles. The third-order valence-corrected chi connectivity index (χ3v) is 10.7. The normalized spacial score (nSPS) is 26.8. The number of anilines is 1. The summed E-state index contributed by atoms with van der Waals surface area (Å²) in [6, 6.07) is 14.1. The molecule has 2 bridgehead atoms. The monoisotopic (exact) mass is 741 g/mol. The van der Waals surface area contributed by atoms with E-state index in [2.05, 4.69) is 34.4 Å². The van der Waals surface area contributed by atoms with Gasteiger partial charge >= 0.3 is 5.97 Å². The van der Waals surface area contributed by atoms with E-state index in [1.807, 2.05) is 25.1 Å². The molecule has 8 atom stereocenters. The number of hydrogen-bond donors (Lipinski definition) is 2. The highest BCUT2D eigenvalue weighted by Crippen LogP contribution is 2.61. The molecule has 3 saturated heterocycles. The maximum absolute atomic E-state index is 14.8. The lowest BCUT2D eigenvalue weighted by Crippen LogP contribution is -2.59. The van der Waals surface area contributed by atoms with E-state index in [4.69, 9.17) is 21.1 Å². The van der Waals surface area contributed by atoms with Crippen LogP contribution in [0.3, 0.4) is 0 Å². The lowest BCUT2D eigenvalue weighted by Gasteiger charge is -2.39. The first-order valence-corrected chi connectivity index (χ1v) is 17.5. The van der Waals surface area contributed by atoms with Crippen LogP contribution in [0.5, 0.6) is 0 Å². The Bertz CT molecular complexity index is 1540. The summed E-state index contributed by atoms with van der Waals surface area (Å²) in [6.45, 7) is 9.04. The predicted octanol–water partition coefficient (Wildman–Crippen LogP) is 4.74. The van der Waals surface area contributed by atoms with Gasteiger partial charge in [-0.3, -0.25) is 19.2 Å². The van der Waals surface area contributed by atoms with Gasteiger partial charge in [-0.2, -0.15) is 0 Å². The molecule has 2 aromatic carbocycles. The molecule has 12 heteroatoms. The van der Waals surface area contributed by atoms with Crippen molar-refractivity contribution in [3.05, 3.63) is 90.5 Å². The van der Waals surface area contributed by atoms with Crippen LogP contribution < -0.4 is 10.2 Å². The van der Waals surface area contributed by atoms with Gasteiger partial charge in [-0.15, -0.1) is 13.2 Å². The van der Waals surface area contributed by atoms with Crippen molar-refractivity contribution >= 4 is 56.9 Å². The molecule has 0 aliphatic carbocycles. The topological polar surface area (TPSA) is 125 Å². The number of nitrogens with one attached hydrogen (secondary N) is 1. The van der Waals surface area contributed by atoms with Gasteiger partial charge in [-0.1, -0.05) is 89.1 Å². The fourth-order valence-electron chi connectivity index (χ4n) is 7.32. The average molecular weight is 743 g/mol. The van der Waals surface area contributed by atoms with Gasteiger partial charge in [0.15, 0.2) is 0 Å². The van der Waals surface area contributed by atoms with Crippen molar-refractivity contribution in [1.29, 1.82) is 0 Å². The SMILES string of the molecule is C=CCCC(=O)NC[C@H](OC(=O)[C@H]1[C@@H]2O[C@@]3(CC2Br)[C@@H]1C(=O)N([C@@H](CC)CO)[C@@H]3C(=O)N(CC=C)c1ccccc1Cl)c1ccccc1. The van der Waals surface area contributed by atoms with Crippen molar-refractivity contribution in [3.63, 3.8) is 0 Å². The van der Waals surface area contributed by atoms with E-state index < -0.39 is 59.5 Å². The van der Waals surface area contributed by atoms with E-state index >= 15 is 0 Å². The molecule has 3 aliphatic heterocycles. The summed E-state index contributed by atoms with van der Waals surface area (Å²) in [5.41, 5.74) is -0.281. The molecule has 3 aliphatic rings. The fourth-order valence-corrected chi connectivity index (χ4v) is 8.50. The average Bonchev–Trinajstić information content (AvgIpc) is 3.69. The van der Waals surface area contributed by atoms with Crippen LogP contribution in [-0.4, -0.2) is 82.0 Å². The third kappa shape index (κ3) is 6.57. The van der Waals surface area contributed by atoms with Crippen LogP contribution in [0.1, 0.15) is 44.3 Å². The Kier molecular flexibility index (Phi) is 11.5. The molecule has 48 heavy (non-hydrogen) atoms. The Hall–Kier alpha value is -3.51. The molecule has 1 unspecified atom stereocenters. The van der Waals surface area contributed by atoms with Crippen LogP contribution in [0.25, 0.3) is 0 Å². The summed E-state index contributed by atoms with van der Waals surface area (Å²) in [5, 5.41) is 13.6. The molecule has 3 amide bonds. The smallest absolute Gasteiger partial charge is 0.313 e. The first kappa shape index (κ1) is 35.8. The summed E-state index contributed by atoms with van der Waals surface area (Å²) >= 11 is 10.2. The second kappa shape index (κ2) is 15.4. The van der Waals surface area contributed by atoms with E-state index in [0.717, 1.165) is 0 Å². The second-order valence-electron chi connectivity index (χ2n) is 12.3. The van der Waals surface area contributed by atoms with Crippen LogP contribution in [0, 0.1) is 11.8 Å². The molecule has 3 fully saturated rings. The molecule has 0 radical (unpaired) electrons. The van der Waals surface area contributed by atoms with E-state index in [0.29, 0.717) is 29.1 Å². The molecule has 0 aromatic heterocycles. The molecule has 1 spiro atoms. The number of alkyl halides is 1. The summed E-state index contributed by atoms with van der Waals surface area (Å²) in [6.07, 6.45) is 3.01. The van der Waals surface area contributed by atoms with Crippen LogP contribution in [0.15, 0.2) is 79.9 Å². The number of halogens is 2. The van der Waals surface area contributed by atoms with Crippen molar-refractivity contribution in [1.82, 2.24) is 10.2 Å². The quantitative estimate of drug-likeness (QED) is 0.154. The number of fused-ring (bicyclic) bond motifs is 1. The Balaban J connectivity index is 1.51. The summed E-state index contributed by atoms with van der Waals surface area (Å²) < 4.78 is 12.8.